The van der Waals surface area contributed by atoms with E-state index in [0.717, 1.165) is 5.56 Å². The summed E-state index contributed by atoms with van der Waals surface area (Å²) in [7, 11) is 1.46. The second-order valence-corrected chi connectivity index (χ2v) is 5.92. The van der Waals surface area contributed by atoms with Crippen molar-refractivity contribution in [3.63, 3.8) is 0 Å². The molecule has 28 heavy (non-hydrogen) atoms. The monoisotopic (exact) mass is 387 g/mol. The number of benzene rings is 2. The topological polar surface area (TPSA) is 125 Å². The van der Waals surface area contributed by atoms with Crippen molar-refractivity contribution in [1.29, 1.82) is 0 Å². The minimum Gasteiger partial charge on any atom is -0.508 e. The summed E-state index contributed by atoms with van der Waals surface area (Å²) in [4.78, 5) is 26.9. The van der Waals surface area contributed by atoms with Crippen LogP contribution in [0.2, 0.25) is 0 Å². The van der Waals surface area contributed by atoms with Crippen molar-refractivity contribution >= 4 is 24.4 Å². The van der Waals surface area contributed by atoms with Crippen LogP contribution in [0.5, 0.6) is 23.0 Å². The maximum absolute atomic E-state index is 11.0. The van der Waals surface area contributed by atoms with Gasteiger partial charge in [0.25, 0.3) is 0 Å². The summed E-state index contributed by atoms with van der Waals surface area (Å²) in [5.41, 5.74) is 3.87. The molecule has 2 rings (SSSR count). The van der Waals surface area contributed by atoms with Gasteiger partial charge in [-0.15, -0.1) is 5.48 Å². The molecule has 0 saturated carbocycles. The summed E-state index contributed by atoms with van der Waals surface area (Å²) in [6, 6.07) is 8.57. The van der Waals surface area contributed by atoms with Gasteiger partial charge in [-0.1, -0.05) is 18.2 Å². The fraction of sp³-hybridized carbons (Fsp3) is 0.200. The molecule has 0 aliphatic heterocycles. The Hall–Kier alpha value is -3.52. The van der Waals surface area contributed by atoms with Crippen LogP contribution in [0.4, 0.5) is 0 Å². The van der Waals surface area contributed by atoms with Gasteiger partial charge in [0.15, 0.2) is 17.2 Å². The number of aliphatic carboxylic acids is 1. The highest BCUT2D eigenvalue weighted by Gasteiger charge is 2.11. The molecule has 0 aliphatic carbocycles. The molecule has 0 fully saturated rings. The minimum absolute atomic E-state index is 0.0337. The standard InChI is InChI=1S/C20H21NO7/c1-27-19-10-13(4-6-18(19)24)2-3-14-8-16(23)11-17(9-14)28-21-15(12-22)5-7-20(25)26/h2-4,6,8-12,15,21,23-24H,5,7H2,1H3,(H,25,26)/t15-/m0/s1. The normalized spacial score (nSPS) is 11.9. The number of phenolic OH excluding ortho intramolecular Hbond substituents is 2. The first-order valence-electron chi connectivity index (χ1n) is 8.40. The summed E-state index contributed by atoms with van der Waals surface area (Å²) in [5, 5.41) is 28.2. The Balaban J connectivity index is 2.08. The van der Waals surface area contributed by atoms with Gasteiger partial charge >= 0.3 is 5.97 Å². The van der Waals surface area contributed by atoms with Crippen molar-refractivity contribution in [1.82, 2.24) is 5.48 Å². The predicted molar refractivity (Wildman–Crippen MR) is 102 cm³/mol. The number of ether oxygens (including phenoxy) is 1. The van der Waals surface area contributed by atoms with Gasteiger partial charge in [0.2, 0.25) is 0 Å². The van der Waals surface area contributed by atoms with Crippen LogP contribution in [-0.2, 0) is 9.59 Å². The van der Waals surface area contributed by atoms with Gasteiger partial charge in [0, 0.05) is 12.5 Å². The van der Waals surface area contributed by atoms with Crippen LogP contribution < -0.4 is 15.1 Å². The van der Waals surface area contributed by atoms with Crippen LogP contribution >= 0.6 is 0 Å². The lowest BCUT2D eigenvalue weighted by atomic mass is 10.1. The number of methoxy groups -OCH3 is 1. The summed E-state index contributed by atoms with van der Waals surface area (Å²) in [6.07, 6.45) is 3.94. The van der Waals surface area contributed by atoms with Crippen LogP contribution in [0.15, 0.2) is 36.4 Å². The quantitative estimate of drug-likeness (QED) is 0.278. The number of carboxylic acid groups (broad SMARTS) is 1. The number of nitrogens with one attached hydrogen (secondary N) is 1. The van der Waals surface area contributed by atoms with E-state index in [0.29, 0.717) is 17.6 Å². The van der Waals surface area contributed by atoms with Gasteiger partial charge in [-0.3, -0.25) is 4.79 Å². The van der Waals surface area contributed by atoms with E-state index in [1.807, 2.05) is 0 Å². The highest BCUT2D eigenvalue weighted by atomic mass is 16.6. The number of carbonyl (C=O) groups excluding carboxylic acids is 1. The van der Waals surface area contributed by atoms with Gasteiger partial charge in [-0.05, 0) is 41.8 Å². The van der Waals surface area contributed by atoms with Crippen LogP contribution in [0, 0.1) is 0 Å². The van der Waals surface area contributed by atoms with Crippen molar-refractivity contribution in [2.24, 2.45) is 0 Å². The Labute approximate surface area is 161 Å². The molecule has 2 aromatic rings. The molecule has 0 aromatic heterocycles. The zero-order valence-electron chi connectivity index (χ0n) is 15.2. The number of hydrogen-bond donors (Lipinski definition) is 4. The number of carbonyl (C=O) groups is 2. The highest BCUT2D eigenvalue weighted by Crippen LogP contribution is 2.28. The molecule has 8 heteroatoms. The van der Waals surface area contributed by atoms with Crippen molar-refractivity contribution in [2.45, 2.75) is 18.9 Å². The van der Waals surface area contributed by atoms with E-state index in [1.165, 1.54) is 25.3 Å². The lowest BCUT2D eigenvalue weighted by Crippen LogP contribution is -2.33. The third-order valence-corrected chi connectivity index (χ3v) is 3.75. The van der Waals surface area contributed by atoms with Crippen molar-refractivity contribution < 1.29 is 34.5 Å². The Kier molecular flexibility index (Phi) is 7.41. The van der Waals surface area contributed by atoms with E-state index in [9.17, 15) is 19.8 Å². The summed E-state index contributed by atoms with van der Waals surface area (Å²) >= 11 is 0. The van der Waals surface area contributed by atoms with E-state index in [1.54, 1.807) is 30.4 Å². The Bertz CT molecular complexity index is 864. The lowest BCUT2D eigenvalue weighted by Gasteiger charge is -2.13. The number of aromatic hydroxyl groups is 2. The van der Waals surface area contributed by atoms with Crippen molar-refractivity contribution in [3.05, 3.63) is 47.5 Å². The Morgan fingerprint density at radius 1 is 1.14 bits per heavy atom. The zero-order valence-corrected chi connectivity index (χ0v) is 15.2. The number of aldehydes is 1. The molecule has 1 atom stereocenters. The van der Waals surface area contributed by atoms with Crippen LogP contribution in [0.3, 0.4) is 0 Å². The molecule has 4 N–H and O–H groups in total. The largest absolute Gasteiger partial charge is 0.508 e. The molecular formula is C20H21NO7. The predicted octanol–water partition coefficient (Wildman–Crippen LogP) is 2.59. The number of rotatable bonds is 10. The molecule has 148 valence electrons. The van der Waals surface area contributed by atoms with E-state index >= 15 is 0 Å². The summed E-state index contributed by atoms with van der Waals surface area (Å²) in [5.74, 6) is -0.427. The minimum atomic E-state index is -1.01. The second kappa shape index (κ2) is 9.98. The van der Waals surface area contributed by atoms with Gasteiger partial charge < -0.3 is 29.7 Å². The third-order valence-electron chi connectivity index (χ3n) is 3.75. The maximum atomic E-state index is 11.0. The number of hydroxylamine groups is 1. The summed E-state index contributed by atoms with van der Waals surface area (Å²) in [6.45, 7) is 0. The number of carboxylic acids is 1. The maximum Gasteiger partial charge on any atom is 0.303 e. The number of hydrogen-bond acceptors (Lipinski definition) is 7. The van der Waals surface area contributed by atoms with Gasteiger partial charge in [0.1, 0.15) is 12.0 Å². The van der Waals surface area contributed by atoms with Crippen LogP contribution in [-0.4, -0.2) is 40.7 Å². The van der Waals surface area contributed by atoms with Crippen molar-refractivity contribution in [3.8, 4) is 23.0 Å². The average molecular weight is 387 g/mol. The fourth-order valence-corrected chi connectivity index (χ4v) is 2.33. The highest BCUT2D eigenvalue weighted by molar-refractivity contribution is 5.72. The van der Waals surface area contributed by atoms with Gasteiger partial charge in [0.05, 0.1) is 13.2 Å². The smallest absolute Gasteiger partial charge is 0.303 e. The Morgan fingerprint density at radius 3 is 2.57 bits per heavy atom. The molecule has 0 bridgehead atoms. The second-order valence-electron chi connectivity index (χ2n) is 5.92. The first kappa shape index (κ1) is 20.8. The molecule has 2 aromatic carbocycles. The first-order valence-corrected chi connectivity index (χ1v) is 8.40. The molecule has 8 nitrogen and oxygen atoms in total. The van der Waals surface area contributed by atoms with Crippen LogP contribution in [0.1, 0.15) is 24.0 Å². The first-order chi connectivity index (χ1) is 13.4. The third kappa shape index (κ3) is 6.33. The Morgan fingerprint density at radius 2 is 1.89 bits per heavy atom. The lowest BCUT2D eigenvalue weighted by molar-refractivity contribution is -0.137. The van der Waals surface area contributed by atoms with Crippen molar-refractivity contribution in [2.75, 3.05) is 7.11 Å². The molecule has 0 amide bonds. The molecule has 0 heterocycles. The van der Waals surface area contributed by atoms with Gasteiger partial charge in [-0.25, -0.2) is 0 Å². The summed E-state index contributed by atoms with van der Waals surface area (Å²) < 4.78 is 5.06. The van der Waals surface area contributed by atoms with E-state index in [2.05, 4.69) is 5.48 Å². The average Bonchev–Trinajstić information content (AvgIpc) is 2.67. The molecular weight excluding hydrogens is 366 g/mol. The SMILES string of the molecule is COc1cc(C=Cc2cc(O)cc(ON[C@H](C=O)CCC(=O)O)c2)ccc1O. The van der Waals surface area contributed by atoms with Gasteiger partial charge in [-0.2, -0.15) is 0 Å². The molecule has 0 spiro atoms. The van der Waals surface area contributed by atoms with E-state index < -0.39 is 12.0 Å². The molecule has 0 radical (unpaired) electrons. The van der Waals surface area contributed by atoms with E-state index in [-0.39, 0.29) is 30.1 Å². The number of phenols is 2. The molecule has 0 aliphatic rings. The van der Waals surface area contributed by atoms with Crippen LogP contribution in [0.25, 0.3) is 12.2 Å². The fourth-order valence-electron chi connectivity index (χ4n) is 2.33. The molecule has 0 saturated heterocycles. The molecule has 0 unspecified atom stereocenters. The van der Waals surface area contributed by atoms with E-state index in [4.69, 9.17) is 14.7 Å². The zero-order chi connectivity index (χ0) is 20.5.